The van der Waals surface area contributed by atoms with Crippen molar-refractivity contribution in [3.63, 3.8) is 0 Å². The Labute approximate surface area is 145 Å². The van der Waals surface area contributed by atoms with Gasteiger partial charge in [-0.15, -0.1) is 0 Å². The smallest absolute Gasteiger partial charge is 0.272 e. The standard InChI is InChI=1S/C19H18N4O2/c24-19-18-11-16(14-25-17-6-2-1-3-7-17)21-23(18)10-9-22(19)13-15-5-4-8-20-12-15/h1-8,11-12H,9-10,13-14H2. The van der Waals surface area contributed by atoms with Crippen molar-refractivity contribution in [1.82, 2.24) is 19.7 Å². The molecular weight excluding hydrogens is 316 g/mol. The van der Waals surface area contributed by atoms with Crippen LogP contribution in [0.1, 0.15) is 21.7 Å². The van der Waals surface area contributed by atoms with Crippen LogP contribution in [0.4, 0.5) is 0 Å². The number of pyridine rings is 1. The zero-order chi connectivity index (χ0) is 17.1. The number of ether oxygens (including phenoxy) is 1. The number of benzene rings is 1. The molecule has 0 saturated carbocycles. The summed E-state index contributed by atoms with van der Waals surface area (Å²) in [5.74, 6) is 0.784. The summed E-state index contributed by atoms with van der Waals surface area (Å²) in [7, 11) is 0. The van der Waals surface area contributed by atoms with E-state index in [0.717, 1.165) is 17.0 Å². The number of amides is 1. The van der Waals surface area contributed by atoms with Crippen molar-refractivity contribution >= 4 is 5.91 Å². The fourth-order valence-electron chi connectivity index (χ4n) is 2.90. The number of aromatic nitrogens is 3. The maximum Gasteiger partial charge on any atom is 0.272 e. The summed E-state index contributed by atoms with van der Waals surface area (Å²) in [5.41, 5.74) is 2.40. The van der Waals surface area contributed by atoms with Crippen LogP contribution >= 0.6 is 0 Å². The normalized spacial score (nSPS) is 13.6. The third-order valence-electron chi connectivity index (χ3n) is 4.14. The Morgan fingerprint density at radius 3 is 2.76 bits per heavy atom. The van der Waals surface area contributed by atoms with Crippen molar-refractivity contribution in [2.75, 3.05) is 6.54 Å². The summed E-state index contributed by atoms with van der Waals surface area (Å²) >= 11 is 0. The summed E-state index contributed by atoms with van der Waals surface area (Å²) < 4.78 is 7.49. The fourth-order valence-corrected chi connectivity index (χ4v) is 2.90. The van der Waals surface area contributed by atoms with Gasteiger partial charge < -0.3 is 9.64 Å². The van der Waals surface area contributed by atoms with Gasteiger partial charge in [-0.25, -0.2) is 0 Å². The number of fused-ring (bicyclic) bond motifs is 1. The van der Waals surface area contributed by atoms with E-state index in [1.165, 1.54) is 0 Å². The molecule has 25 heavy (non-hydrogen) atoms. The zero-order valence-electron chi connectivity index (χ0n) is 13.7. The van der Waals surface area contributed by atoms with E-state index in [2.05, 4.69) is 10.1 Å². The number of hydrogen-bond donors (Lipinski definition) is 0. The third kappa shape index (κ3) is 3.38. The van der Waals surface area contributed by atoms with E-state index < -0.39 is 0 Å². The van der Waals surface area contributed by atoms with Crippen LogP contribution < -0.4 is 4.74 Å². The van der Waals surface area contributed by atoms with Gasteiger partial charge in [0.2, 0.25) is 0 Å². The number of hydrogen-bond acceptors (Lipinski definition) is 4. The van der Waals surface area contributed by atoms with Gasteiger partial charge in [0.25, 0.3) is 5.91 Å². The highest BCUT2D eigenvalue weighted by Gasteiger charge is 2.26. The van der Waals surface area contributed by atoms with E-state index in [1.54, 1.807) is 17.1 Å². The van der Waals surface area contributed by atoms with Crippen LogP contribution in [-0.4, -0.2) is 32.1 Å². The predicted octanol–water partition coefficient (Wildman–Crippen LogP) is 2.51. The summed E-state index contributed by atoms with van der Waals surface area (Å²) in [6, 6.07) is 15.3. The molecular formula is C19H18N4O2. The molecule has 0 saturated heterocycles. The van der Waals surface area contributed by atoms with Gasteiger partial charge in [-0.3, -0.25) is 14.5 Å². The first-order valence-corrected chi connectivity index (χ1v) is 8.22. The Morgan fingerprint density at radius 1 is 1.08 bits per heavy atom. The molecule has 0 aliphatic carbocycles. The largest absolute Gasteiger partial charge is 0.487 e. The molecule has 0 N–H and O–H groups in total. The molecule has 6 nitrogen and oxygen atoms in total. The molecule has 0 fully saturated rings. The molecule has 0 radical (unpaired) electrons. The first kappa shape index (κ1) is 15.4. The van der Waals surface area contributed by atoms with Gasteiger partial charge >= 0.3 is 0 Å². The van der Waals surface area contributed by atoms with Crippen molar-refractivity contribution in [2.45, 2.75) is 19.7 Å². The molecule has 4 rings (SSSR count). The van der Waals surface area contributed by atoms with Gasteiger partial charge in [-0.2, -0.15) is 5.10 Å². The lowest BCUT2D eigenvalue weighted by molar-refractivity contribution is 0.0683. The highest BCUT2D eigenvalue weighted by Crippen LogP contribution is 2.18. The highest BCUT2D eigenvalue weighted by molar-refractivity contribution is 5.93. The number of para-hydroxylation sites is 1. The second kappa shape index (κ2) is 6.76. The zero-order valence-corrected chi connectivity index (χ0v) is 13.7. The minimum absolute atomic E-state index is 0.00596. The fraction of sp³-hybridized carbons (Fsp3) is 0.211. The van der Waals surface area contributed by atoms with Crippen molar-refractivity contribution in [3.05, 3.63) is 77.9 Å². The van der Waals surface area contributed by atoms with E-state index in [-0.39, 0.29) is 5.91 Å². The monoisotopic (exact) mass is 334 g/mol. The second-order valence-electron chi connectivity index (χ2n) is 5.93. The van der Waals surface area contributed by atoms with Crippen LogP contribution in [-0.2, 0) is 19.7 Å². The van der Waals surface area contributed by atoms with Crippen molar-refractivity contribution in [2.24, 2.45) is 0 Å². The summed E-state index contributed by atoms with van der Waals surface area (Å²) in [6.07, 6.45) is 3.52. The van der Waals surface area contributed by atoms with Crippen LogP contribution in [0.25, 0.3) is 0 Å². The molecule has 0 unspecified atom stereocenters. The molecule has 3 aromatic rings. The molecule has 1 aliphatic heterocycles. The number of nitrogens with zero attached hydrogens (tertiary/aromatic N) is 4. The van der Waals surface area contributed by atoms with E-state index in [9.17, 15) is 4.79 Å². The molecule has 2 aromatic heterocycles. The minimum atomic E-state index is -0.00596. The lowest BCUT2D eigenvalue weighted by Crippen LogP contribution is -2.39. The molecule has 3 heterocycles. The lowest BCUT2D eigenvalue weighted by atomic mass is 10.2. The van der Waals surface area contributed by atoms with Gasteiger partial charge in [-0.1, -0.05) is 24.3 Å². The first-order valence-electron chi connectivity index (χ1n) is 8.22. The molecule has 1 aliphatic rings. The van der Waals surface area contributed by atoms with E-state index in [0.29, 0.717) is 31.9 Å². The molecule has 1 amide bonds. The van der Waals surface area contributed by atoms with Crippen LogP contribution in [0.3, 0.4) is 0 Å². The summed E-state index contributed by atoms with van der Waals surface area (Å²) in [4.78, 5) is 18.6. The first-order chi connectivity index (χ1) is 12.3. The Morgan fingerprint density at radius 2 is 1.96 bits per heavy atom. The highest BCUT2D eigenvalue weighted by atomic mass is 16.5. The molecule has 6 heteroatoms. The topological polar surface area (TPSA) is 60.2 Å². The molecule has 0 spiro atoms. The molecule has 0 atom stereocenters. The van der Waals surface area contributed by atoms with Gasteiger partial charge in [0, 0.05) is 25.5 Å². The quantitative estimate of drug-likeness (QED) is 0.719. The Kier molecular flexibility index (Phi) is 4.16. The Hall–Kier alpha value is -3.15. The number of rotatable bonds is 5. The number of carbonyl (C=O) groups excluding carboxylic acids is 1. The van der Waals surface area contributed by atoms with E-state index in [4.69, 9.17) is 4.74 Å². The average molecular weight is 334 g/mol. The maximum atomic E-state index is 12.7. The van der Waals surface area contributed by atoms with Gasteiger partial charge in [-0.05, 0) is 29.8 Å². The Bertz CT molecular complexity index is 862. The van der Waals surface area contributed by atoms with Crippen LogP contribution in [0.2, 0.25) is 0 Å². The minimum Gasteiger partial charge on any atom is -0.487 e. The lowest BCUT2D eigenvalue weighted by Gasteiger charge is -2.27. The molecule has 126 valence electrons. The SMILES string of the molecule is O=C1c2cc(COc3ccccc3)nn2CCN1Cc1cccnc1. The van der Waals surface area contributed by atoms with Gasteiger partial charge in [0.15, 0.2) is 0 Å². The summed E-state index contributed by atoms with van der Waals surface area (Å²) in [6.45, 7) is 2.24. The average Bonchev–Trinajstić information content (AvgIpc) is 3.08. The Balaban J connectivity index is 1.45. The predicted molar refractivity (Wildman–Crippen MR) is 92.0 cm³/mol. The molecule has 0 bridgehead atoms. The van der Waals surface area contributed by atoms with Crippen LogP contribution in [0.15, 0.2) is 60.9 Å². The number of carbonyl (C=O) groups is 1. The maximum absolute atomic E-state index is 12.7. The van der Waals surface area contributed by atoms with E-state index >= 15 is 0 Å². The molecule has 1 aromatic carbocycles. The summed E-state index contributed by atoms with van der Waals surface area (Å²) in [5, 5.41) is 4.49. The van der Waals surface area contributed by atoms with Crippen molar-refractivity contribution in [1.29, 1.82) is 0 Å². The van der Waals surface area contributed by atoms with E-state index in [1.807, 2.05) is 53.4 Å². The van der Waals surface area contributed by atoms with Gasteiger partial charge in [0.1, 0.15) is 23.7 Å². The van der Waals surface area contributed by atoms with Crippen molar-refractivity contribution < 1.29 is 9.53 Å². The second-order valence-corrected chi connectivity index (χ2v) is 5.93. The van der Waals surface area contributed by atoms with Crippen molar-refractivity contribution in [3.8, 4) is 5.75 Å². The van der Waals surface area contributed by atoms with Gasteiger partial charge in [0.05, 0.1) is 6.54 Å². The van der Waals surface area contributed by atoms with Crippen LogP contribution in [0.5, 0.6) is 5.75 Å². The third-order valence-corrected chi connectivity index (χ3v) is 4.14. The van der Waals surface area contributed by atoms with Crippen LogP contribution in [0, 0.1) is 0 Å².